The molecule has 0 aromatic heterocycles. The zero-order valence-corrected chi connectivity index (χ0v) is 17.6. The van der Waals surface area contributed by atoms with E-state index in [4.69, 9.17) is 14.2 Å². The molecule has 1 saturated heterocycles. The zero-order valence-electron chi connectivity index (χ0n) is 17.6. The van der Waals surface area contributed by atoms with Crippen LogP contribution < -0.4 is 9.47 Å². The molecule has 1 aliphatic heterocycles. The highest BCUT2D eigenvalue weighted by Crippen LogP contribution is 2.38. The van der Waals surface area contributed by atoms with Gasteiger partial charge < -0.3 is 19.1 Å². The molecule has 1 heterocycles. The van der Waals surface area contributed by atoms with Crippen LogP contribution in [0.3, 0.4) is 0 Å². The first-order valence-corrected chi connectivity index (χ1v) is 9.94. The third kappa shape index (κ3) is 5.20. The third-order valence-corrected chi connectivity index (χ3v) is 5.20. The Morgan fingerprint density at radius 3 is 2.57 bits per heavy atom. The van der Waals surface area contributed by atoms with Gasteiger partial charge in [-0.25, -0.2) is 4.79 Å². The Bertz CT molecular complexity index is 920. The molecule has 6 heteroatoms. The van der Waals surface area contributed by atoms with Crippen LogP contribution in [0.25, 0.3) is 6.08 Å². The Morgan fingerprint density at radius 2 is 1.87 bits per heavy atom. The minimum absolute atomic E-state index is 0.135. The lowest BCUT2D eigenvalue weighted by molar-refractivity contribution is -0.148. The van der Waals surface area contributed by atoms with Gasteiger partial charge in [0.15, 0.2) is 6.61 Å². The van der Waals surface area contributed by atoms with E-state index in [-0.39, 0.29) is 18.6 Å². The maximum absolute atomic E-state index is 12.8. The summed E-state index contributed by atoms with van der Waals surface area (Å²) < 4.78 is 16.0. The average Bonchev–Trinajstić information content (AvgIpc) is 3.26. The van der Waals surface area contributed by atoms with Crippen LogP contribution in [0.2, 0.25) is 0 Å². The van der Waals surface area contributed by atoms with Gasteiger partial charge in [0.2, 0.25) is 0 Å². The van der Waals surface area contributed by atoms with Gasteiger partial charge in [0, 0.05) is 18.2 Å². The van der Waals surface area contributed by atoms with Crippen molar-refractivity contribution in [1.29, 1.82) is 0 Å². The van der Waals surface area contributed by atoms with Crippen LogP contribution in [0.1, 0.15) is 35.6 Å². The second-order valence-corrected chi connectivity index (χ2v) is 7.20. The topological polar surface area (TPSA) is 65.1 Å². The summed E-state index contributed by atoms with van der Waals surface area (Å²) in [6.07, 6.45) is 4.70. The fourth-order valence-electron chi connectivity index (χ4n) is 3.59. The van der Waals surface area contributed by atoms with Crippen molar-refractivity contribution in [2.45, 2.75) is 25.8 Å². The van der Waals surface area contributed by atoms with Crippen LogP contribution in [-0.4, -0.2) is 44.1 Å². The number of nitrogens with zero attached hydrogens (tertiary/aromatic N) is 1. The first-order chi connectivity index (χ1) is 14.5. The molecule has 0 saturated carbocycles. The van der Waals surface area contributed by atoms with E-state index in [1.807, 2.05) is 49.4 Å². The monoisotopic (exact) mass is 409 g/mol. The lowest BCUT2D eigenvalue weighted by Crippen LogP contribution is -2.34. The maximum Gasteiger partial charge on any atom is 0.331 e. The summed E-state index contributed by atoms with van der Waals surface area (Å²) >= 11 is 0. The summed E-state index contributed by atoms with van der Waals surface area (Å²) in [5, 5.41) is 0. The number of methoxy groups -OCH3 is 2. The third-order valence-electron chi connectivity index (χ3n) is 5.20. The van der Waals surface area contributed by atoms with Crippen molar-refractivity contribution in [3.05, 3.63) is 65.2 Å². The fourth-order valence-corrected chi connectivity index (χ4v) is 3.59. The Kier molecular flexibility index (Phi) is 7.12. The summed E-state index contributed by atoms with van der Waals surface area (Å²) in [5.74, 6) is 0.648. The van der Waals surface area contributed by atoms with Crippen LogP contribution in [0.15, 0.2) is 48.5 Å². The second-order valence-electron chi connectivity index (χ2n) is 7.20. The number of benzene rings is 2. The van der Waals surface area contributed by atoms with Crippen molar-refractivity contribution < 1.29 is 23.8 Å². The lowest BCUT2D eigenvalue weighted by atomic mass is 10.0. The molecule has 0 radical (unpaired) electrons. The average molecular weight is 409 g/mol. The number of ether oxygens (including phenoxy) is 3. The van der Waals surface area contributed by atoms with E-state index in [1.165, 1.54) is 6.08 Å². The Labute approximate surface area is 177 Å². The quantitative estimate of drug-likeness (QED) is 0.512. The van der Waals surface area contributed by atoms with E-state index in [9.17, 15) is 9.59 Å². The van der Waals surface area contributed by atoms with Crippen LogP contribution in [-0.2, 0) is 14.3 Å². The molecule has 0 bridgehead atoms. The van der Waals surface area contributed by atoms with Crippen molar-refractivity contribution in [2.24, 2.45) is 0 Å². The normalized spacial score (nSPS) is 16.0. The molecule has 0 spiro atoms. The van der Waals surface area contributed by atoms with Gasteiger partial charge >= 0.3 is 5.97 Å². The smallest absolute Gasteiger partial charge is 0.331 e. The molecule has 158 valence electrons. The van der Waals surface area contributed by atoms with Crippen molar-refractivity contribution in [2.75, 3.05) is 27.4 Å². The SMILES string of the molecule is COc1ccc(OC)c([C@@H]2CCCN2C(=O)COC(=O)/C=C/c2ccc(C)cc2)c1. The molecule has 0 N–H and O–H groups in total. The number of hydrogen-bond acceptors (Lipinski definition) is 5. The molecule has 0 aliphatic carbocycles. The number of esters is 1. The van der Waals surface area contributed by atoms with Gasteiger partial charge in [0.25, 0.3) is 5.91 Å². The molecule has 30 heavy (non-hydrogen) atoms. The van der Waals surface area contributed by atoms with Gasteiger partial charge in [-0.2, -0.15) is 0 Å². The van der Waals surface area contributed by atoms with E-state index in [0.717, 1.165) is 29.5 Å². The lowest BCUT2D eigenvalue weighted by Gasteiger charge is -2.26. The number of rotatable bonds is 7. The number of likely N-dealkylation sites (tertiary alicyclic amines) is 1. The standard InChI is InChI=1S/C24H27NO5/c1-17-6-8-18(9-7-17)10-13-24(27)30-16-23(26)25-14-4-5-21(25)20-15-19(28-2)11-12-22(20)29-3/h6-13,15,21H,4-5,14,16H2,1-3H3/b13-10+/t21-/m0/s1. The first kappa shape index (κ1) is 21.4. The maximum atomic E-state index is 12.8. The predicted molar refractivity (Wildman–Crippen MR) is 114 cm³/mol. The number of carbonyl (C=O) groups is 2. The van der Waals surface area contributed by atoms with Crippen molar-refractivity contribution in [3.8, 4) is 11.5 Å². The molecular formula is C24H27NO5. The highest BCUT2D eigenvalue weighted by molar-refractivity contribution is 5.89. The molecular weight excluding hydrogens is 382 g/mol. The van der Waals surface area contributed by atoms with Crippen LogP contribution in [0.5, 0.6) is 11.5 Å². The summed E-state index contributed by atoms with van der Waals surface area (Å²) in [6, 6.07) is 13.2. The van der Waals surface area contributed by atoms with E-state index in [2.05, 4.69) is 0 Å². The van der Waals surface area contributed by atoms with E-state index >= 15 is 0 Å². The van der Waals surface area contributed by atoms with Crippen LogP contribution >= 0.6 is 0 Å². The summed E-state index contributed by atoms with van der Waals surface area (Å²) in [4.78, 5) is 26.5. The minimum Gasteiger partial charge on any atom is -0.497 e. The van der Waals surface area contributed by atoms with Gasteiger partial charge in [-0.1, -0.05) is 29.8 Å². The van der Waals surface area contributed by atoms with Gasteiger partial charge in [-0.3, -0.25) is 4.79 Å². The summed E-state index contributed by atoms with van der Waals surface area (Å²) in [6.45, 7) is 2.32. The molecule has 1 amide bonds. The Hall–Kier alpha value is -3.28. The molecule has 1 aliphatic rings. The molecule has 0 unspecified atom stereocenters. The van der Waals surface area contributed by atoms with E-state index in [0.29, 0.717) is 18.0 Å². The van der Waals surface area contributed by atoms with Gasteiger partial charge in [-0.05, 0) is 49.6 Å². The number of hydrogen-bond donors (Lipinski definition) is 0. The molecule has 6 nitrogen and oxygen atoms in total. The highest BCUT2D eigenvalue weighted by Gasteiger charge is 2.32. The van der Waals surface area contributed by atoms with Crippen LogP contribution in [0.4, 0.5) is 0 Å². The molecule has 2 aromatic rings. The number of carbonyl (C=O) groups excluding carboxylic acids is 2. The molecule has 3 rings (SSSR count). The van der Waals surface area contributed by atoms with E-state index in [1.54, 1.807) is 25.2 Å². The second kappa shape index (κ2) is 9.96. The first-order valence-electron chi connectivity index (χ1n) is 9.94. The predicted octanol–water partition coefficient (Wildman–Crippen LogP) is 3.93. The van der Waals surface area contributed by atoms with Gasteiger partial charge in [-0.15, -0.1) is 0 Å². The number of amides is 1. The molecule has 1 atom stereocenters. The van der Waals surface area contributed by atoms with Crippen molar-refractivity contribution in [3.63, 3.8) is 0 Å². The Morgan fingerprint density at radius 1 is 1.10 bits per heavy atom. The van der Waals surface area contributed by atoms with Crippen molar-refractivity contribution >= 4 is 18.0 Å². The fraction of sp³-hybridized carbons (Fsp3) is 0.333. The van der Waals surface area contributed by atoms with Gasteiger partial charge in [0.1, 0.15) is 11.5 Å². The largest absolute Gasteiger partial charge is 0.497 e. The number of aryl methyl sites for hydroxylation is 1. The Balaban J connectivity index is 1.62. The van der Waals surface area contributed by atoms with Gasteiger partial charge in [0.05, 0.1) is 20.3 Å². The summed E-state index contributed by atoms with van der Waals surface area (Å²) in [5.41, 5.74) is 2.94. The summed E-state index contributed by atoms with van der Waals surface area (Å²) in [7, 11) is 3.21. The minimum atomic E-state index is -0.543. The molecule has 2 aromatic carbocycles. The van der Waals surface area contributed by atoms with Crippen LogP contribution in [0, 0.1) is 6.92 Å². The molecule has 1 fully saturated rings. The highest BCUT2D eigenvalue weighted by atomic mass is 16.5. The van der Waals surface area contributed by atoms with E-state index < -0.39 is 5.97 Å². The van der Waals surface area contributed by atoms with Crippen molar-refractivity contribution in [1.82, 2.24) is 4.90 Å². The zero-order chi connectivity index (χ0) is 21.5.